The number of ether oxygens (including phenoxy) is 4. The summed E-state index contributed by atoms with van der Waals surface area (Å²) in [6, 6.07) is 8.32. The lowest BCUT2D eigenvalue weighted by atomic mass is 9.95. The zero-order valence-corrected chi connectivity index (χ0v) is 14.9. The minimum Gasteiger partial charge on any atom is -0.493 e. The standard InChI is InChI=1S/C20H24O4/c1-12-6-13-8-17(21-2)19(23-4)10-15(13)16-11-20(24-5)18(22-3)9-14(16)7-12/h8-12H,6-7H2,1-5H3. The van der Waals surface area contributed by atoms with Gasteiger partial charge in [-0.1, -0.05) is 6.92 Å². The summed E-state index contributed by atoms with van der Waals surface area (Å²) in [4.78, 5) is 0. The maximum Gasteiger partial charge on any atom is 0.161 e. The van der Waals surface area contributed by atoms with Crippen LogP contribution in [0.15, 0.2) is 24.3 Å². The van der Waals surface area contributed by atoms with Crippen LogP contribution < -0.4 is 18.9 Å². The molecule has 0 saturated carbocycles. The van der Waals surface area contributed by atoms with E-state index in [0.29, 0.717) is 5.92 Å². The van der Waals surface area contributed by atoms with E-state index in [1.807, 2.05) is 0 Å². The lowest BCUT2D eigenvalue weighted by Gasteiger charge is -2.16. The Morgan fingerprint density at radius 3 is 1.29 bits per heavy atom. The predicted octanol–water partition coefficient (Wildman–Crippen LogP) is 4.12. The third-order valence-electron chi connectivity index (χ3n) is 4.65. The summed E-state index contributed by atoms with van der Waals surface area (Å²) in [5.41, 5.74) is 4.89. The minimum absolute atomic E-state index is 0.529. The SMILES string of the molecule is COc1cc2c(cc1OC)-c1cc(OC)c(OC)cc1CC(C)C2. The Hall–Kier alpha value is -2.36. The van der Waals surface area contributed by atoms with Gasteiger partial charge in [0.05, 0.1) is 28.4 Å². The molecule has 0 bridgehead atoms. The normalized spacial score (nSPS) is 13.5. The highest BCUT2D eigenvalue weighted by molar-refractivity contribution is 5.77. The lowest BCUT2D eigenvalue weighted by Crippen LogP contribution is -2.02. The lowest BCUT2D eigenvalue weighted by molar-refractivity contribution is 0.354. The van der Waals surface area contributed by atoms with Crippen molar-refractivity contribution in [2.75, 3.05) is 28.4 Å². The number of hydrogen-bond acceptors (Lipinski definition) is 4. The zero-order valence-electron chi connectivity index (χ0n) is 14.9. The van der Waals surface area contributed by atoms with Gasteiger partial charge in [-0.3, -0.25) is 0 Å². The maximum absolute atomic E-state index is 5.51. The van der Waals surface area contributed by atoms with E-state index in [0.717, 1.165) is 35.8 Å². The monoisotopic (exact) mass is 328 g/mol. The summed E-state index contributed by atoms with van der Waals surface area (Å²) in [6.45, 7) is 2.27. The van der Waals surface area contributed by atoms with Crippen molar-refractivity contribution in [1.29, 1.82) is 0 Å². The van der Waals surface area contributed by atoms with Crippen LogP contribution in [0.25, 0.3) is 11.1 Å². The Morgan fingerprint density at radius 2 is 0.958 bits per heavy atom. The van der Waals surface area contributed by atoms with Crippen LogP contribution in [0, 0.1) is 5.92 Å². The molecule has 1 aliphatic carbocycles. The van der Waals surface area contributed by atoms with Crippen molar-refractivity contribution in [3.63, 3.8) is 0 Å². The van der Waals surface area contributed by atoms with E-state index in [2.05, 4.69) is 31.2 Å². The van der Waals surface area contributed by atoms with E-state index in [4.69, 9.17) is 18.9 Å². The van der Waals surface area contributed by atoms with Crippen LogP contribution in [0.4, 0.5) is 0 Å². The van der Waals surface area contributed by atoms with E-state index < -0.39 is 0 Å². The van der Waals surface area contributed by atoms with Crippen LogP contribution >= 0.6 is 0 Å². The van der Waals surface area contributed by atoms with E-state index >= 15 is 0 Å². The van der Waals surface area contributed by atoms with Gasteiger partial charge in [-0.05, 0) is 65.3 Å². The summed E-state index contributed by atoms with van der Waals surface area (Å²) in [5.74, 6) is 3.55. The highest BCUT2D eigenvalue weighted by Gasteiger charge is 2.23. The average Bonchev–Trinajstić information content (AvgIpc) is 2.73. The van der Waals surface area contributed by atoms with Gasteiger partial charge in [-0.25, -0.2) is 0 Å². The summed E-state index contributed by atoms with van der Waals surface area (Å²) in [6.07, 6.45) is 1.99. The van der Waals surface area contributed by atoms with E-state index in [9.17, 15) is 0 Å². The largest absolute Gasteiger partial charge is 0.493 e. The summed E-state index contributed by atoms with van der Waals surface area (Å²) < 4.78 is 22.0. The molecule has 2 aromatic rings. The molecular formula is C20H24O4. The van der Waals surface area contributed by atoms with E-state index in [1.54, 1.807) is 28.4 Å². The van der Waals surface area contributed by atoms with E-state index in [-0.39, 0.29) is 0 Å². The summed E-state index contributed by atoms with van der Waals surface area (Å²) in [7, 11) is 6.68. The van der Waals surface area contributed by atoms with Gasteiger partial charge in [0.1, 0.15) is 0 Å². The molecule has 24 heavy (non-hydrogen) atoms. The van der Waals surface area contributed by atoms with Gasteiger partial charge in [-0.2, -0.15) is 0 Å². The van der Waals surface area contributed by atoms with Crippen LogP contribution in [-0.4, -0.2) is 28.4 Å². The fourth-order valence-corrected chi connectivity index (χ4v) is 3.50. The molecule has 0 saturated heterocycles. The molecule has 3 rings (SSSR count). The molecule has 0 fully saturated rings. The molecular weight excluding hydrogens is 304 g/mol. The van der Waals surface area contributed by atoms with Gasteiger partial charge in [-0.15, -0.1) is 0 Å². The van der Waals surface area contributed by atoms with Crippen LogP contribution in [0.5, 0.6) is 23.0 Å². The van der Waals surface area contributed by atoms with Gasteiger partial charge < -0.3 is 18.9 Å². The smallest absolute Gasteiger partial charge is 0.161 e. The Kier molecular flexibility index (Phi) is 4.56. The third-order valence-corrected chi connectivity index (χ3v) is 4.65. The van der Waals surface area contributed by atoms with Crippen molar-refractivity contribution in [1.82, 2.24) is 0 Å². The van der Waals surface area contributed by atoms with Crippen LogP contribution in [0.2, 0.25) is 0 Å². The molecule has 1 aliphatic rings. The van der Waals surface area contributed by atoms with Crippen molar-refractivity contribution in [2.24, 2.45) is 5.92 Å². The Bertz CT molecular complexity index is 688. The quantitative estimate of drug-likeness (QED) is 0.846. The van der Waals surface area contributed by atoms with Crippen molar-refractivity contribution in [3.8, 4) is 34.1 Å². The van der Waals surface area contributed by atoms with Crippen LogP contribution in [0.1, 0.15) is 18.1 Å². The highest BCUT2D eigenvalue weighted by Crippen LogP contribution is 2.44. The van der Waals surface area contributed by atoms with Crippen molar-refractivity contribution in [2.45, 2.75) is 19.8 Å². The second-order valence-corrected chi connectivity index (χ2v) is 6.24. The molecule has 0 heterocycles. The minimum atomic E-state index is 0.529. The second kappa shape index (κ2) is 6.63. The van der Waals surface area contributed by atoms with Crippen molar-refractivity contribution in [3.05, 3.63) is 35.4 Å². The van der Waals surface area contributed by atoms with Gasteiger partial charge in [0.15, 0.2) is 23.0 Å². The summed E-state index contributed by atoms with van der Waals surface area (Å²) in [5, 5.41) is 0. The van der Waals surface area contributed by atoms with Crippen molar-refractivity contribution >= 4 is 0 Å². The number of hydrogen-bond donors (Lipinski definition) is 0. The number of methoxy groups -OCH3 is 4. The second-order valence-electron chi connectivity index (χ2n) is 6.24. The number of rotatable bonds is 4. The molecule has 0 aromatic heterocycles. The Morgan fingerprint density at radius 1 is 0.625 bits per heavy atom. The molecule has 4 nitrogen and oxygen atoms in total. The van der Waals surface area contributed by atoms with Crippen molar-refractivity contribution < 1.29 is 18.9 Å². The molecule has 2 aromatic carbocycles. The van der Waals surface area contributed by atoms with Gasteiger partial charge in [0, 0.05) is 0 Å². The zero-order chi connectivity index (χ0) is 17.3. The Balaban J connectivity index is 2.27. The first-order chi connectivity index (χ1) is 11.6. The van der Waals surface area contributed by atoms with Gasteiger partial charge >= 0.3 is 0 Å². The highest BCUT2D eigenvalue weighted by atomic mass is 16.5. The molecule has 0 atom stereocenters. The average molecular weight is 328 g/mol. The first-order valence-electron chi connectivity index (χ1n) is 8.11. The van der Waals surface area contributed by atoms with E-state index in [1.165, 1.54) is 22.3 Å². The maximum atomic E-state index is 5.51. The molecule has 0 N–H and O–H groups in total. The third kappa shape index (κ3) is 2.77. The molecule has 0 radical (unpaired) electrons. The molecule has 128 valence electrons. The fraction of sp³-hybridized carbons (Fsp3) is 0.400. The molecule has 4 heteroatoms. The molecule has 0 spiro atoms. The summed E-state index contributed by atoms with van der Waals surface area (Å²) >= 11 is 0. The molecule has 0 amide bonds. The first-order valence-corrected chi connectivity index (χ1v) is 8.11. The molecule has 0 aliphatic heterocycles. The van der Waals surface area contributed by atoms with Crippen LogP contribution in [-0.2, 0) is 12.8 Å². The first kappa shape index (κ1) is 16.5. The molecule has 0 unspecified atom stereocenters. The number of fused-ring (bicyclic) bond motifs is 3. The Labute approximate surface area is 143 Å². The fourth-order valence-electron chi connectivity index (χ4n) is 3.50. The predicted molar refractivity (Wildman–Crippen MR) is 94.7 cm³/mol. The topological polar surface area (TPSA) is 36.9 Å². The van der Waals surface area contributed by atoms with Gasteiger partial charge in [0.25, 0.3) is 0 Å². The number of benzene rings is 2. The van der Waals surface area contributed by atoms with Gasteiger partial charge in [0.2, 0.25) is 0 Å². The van der Waals surface area contributed by atoms with Crippen LogP contribution in [0.3, 0.4) is 0 Å².